The van der Waals surface area contributed by atoms with Crippen LogP contribution in [0.2, 0.25) is 0 Å². The van der Waals surface area contributed by atoms with E-state index < -0.39 is 0 Å². The summed E-state index contributed by atoms with van der Waals surface area (Å²) in [7, 11) is 0. The van der Waals surface area contributed by atoms with Gasteiger partial charge in [-0.15, -0.1) is 0 Å². The molecule has 0 aromatic carbocycles. The van der Waals surface area contributed by atoms with Crippen molar-refractivity contribution in [2.75, 3.05) is 37.7 Å². The molecule has 1 heterocycles. The molecule has 1 rings (SSSR count). The lowest BCUT2D eigenvalue weighted by molar-refractivity contribution is 0.180. The molecule has 0 aliphatic carbocycles. The number of hydrogen-bond donors (Lipinski definition) is 1. The van der Waals surface area contributed by atoms with E-state index in [0.717, 1.165) is 5.92 Å². The van der Waals surface area contributed by atoms with Crippen LogP contribution in [-0.4, -0.2) is 48.6 Å². The van der Waals surface area contributed by atoms with Crippen LogP contribution >= 0.6 is 11.8 Å². The van der Waals surface area contributed by atoms with Gasteiger partial charge in [0.25, 0.3) is 0 Å². The molecule has 1 N–H and O–H groups in total. The highest BCUT2D eigenvalue weighted by Gasteiger charge is 2.19. The highest BCUT2D eigenvalue weighted by molar-refractivity contribution is 7.99. The van der Waals surface area contributed by atoms with E-state index in [1.54, 1.807) is 0 Å². The van der Waals surface area contributed by atoms with Crippen molar-refractivity contribution in [1.82, 2.24) is 10.2 Å². The average molecular weight is 244 g/mol. The minimum Gasteiger partial charge on any atom is -0.314 e. The second-order valence-electron chi connectivity index (χ2n) is 5.07. The number of hydrogen-bond acceptors (Lipinski definition) is 3. The van der Waals surface area contributed by atoms with Gasteiger partial charge in [0.2, 0.25) is 0 Å². The van der Waals surface area contributed by atoms with Crippen LogP contribution in [0.15, 0.2) is 0 Å². The third kappa shape index (κ3) is 6.12. The molecular formula is C13H28N2S. The fourth-order valence-corrected chi connectivity index (χ4v) is 2.94. The Labute approximate surface area is 106 Å². The maximum absolute atomic E-state index is 3.57. The Balaban J connectivity index is 2.14. The van der Waals surface area contributed by atoms with E-state index in [1.165, 1.54) is 50.5 Å². The summed E-state index contributed by atoms with van der Waals surface area (Å²) in [5, 5.41) is 3.57. The predicted molar refractivity (Wildman–Crippen MR) is 75.3 cm³/mol. The minimum absolute atomic E-state index is 0.631. The summed E-state index contributed by atoms with van der Waals surface area (Å²) >= 11 is 2.06. The summed E-state index contributed by atoms with van der Waals surface area (Å²) < 4.78 is 0. The first-order valence-electron chi connectivity index (χ1n) is 6.75. The molecule has 1 aliphatic rings. The third-order valence-corrected chi connectivity index (χ3v) is 4.05. The van der Waals surface area contributed by atoms with Gasteiger partial charge in [0, 0.05) is 24.9 Å². The molecule has 0 aromatic heterocycles. The minimum atomic E-state index is 0.631. The van der Waals surface area contributed by atoms with Crippen LogP contribution in [0.25, 0.3) is 0 Å². The summed E-state index contributed by atoms with van der Waals surface area (Å²) in [6.07, 6.45) is 2.80. The Morgan fingerprint density at radius 2 is 2.25 bits per heavy atom. The van der Waals surface area contributed by atoms with Gasteiger partial charge in [-0.1, -0.05) is 20.8 Å². The molecule has 1 unspecified atom stereocenters. The topological polar surface area (TPSA) is 15.3 Å². The van der Waals surface area contributed by atoms with Crippen molar-refractivity contribution in [3.05, 3.63) is 0 Å². The van der Waals surface area contributed by atoms with E-state index in [-0.39, 0.29) is 0 Å². The molecule has 0 bridgehead atoms. The van der Waals surface area contributed by atoms with Crippen molar-refractivity contribution >= 4 is 11.8 Å². The molecular weight excluding hydrogens is 216 g/mol. The molecule has 1 saturated heterocycles. The first kappa shape index (κ1) is 14.3. The fraction of sp³-hybridized carbons (Fsp3) is 1.00. The largest absolute Gasteiger partial charge is 0.314 e. The zero-order valence-electron chi connectivity index (χ0n) is 11.2. The number of piperidine rings is 1. The van der Waals surface area contributed by atoms with Gasteiger partial charge in [-0.25, -0.2) is 0 Å². The van der Waals surface area contributed by atoms with Crippen molar-refractivity contribution in [2.24, 2.45) is 5.92 Å². The van der Waals surface area contributed by atoms with Gasteiger partial charge in [0.1, 0.15) is 0 Å². The summed E-state index contributed by atoms with van der Waals surface area (Å²) in [6.45, 7) is 11.8. The van der Waals surface area contributed by atoms with E-state index in [4.69, 9.17) is 0 Å². The van der Waals surface area contributed by atoms with Crippen molar-refractivity contribution < 1.29 is 0 Å². The predicted octanol–water partition coefficient (Wildman–Crippen LogP) is 2.45. The molecule has 0 spiro atoms. The van der Waals surface area contributed by atoms with Gasteiger partial charge in [-0.05, 0) is 37.6 Å². The number of nitrogens with one attached hydrogen (secondary N) is 1. The molecule has 0 radical (unpaired) electrons. The lowest BCUT2D eigenvalue weighted by Crippen LogP contribution is -2.41. The van der Waals surface area contributed by atoms with Gasteiger partial charge in [0.05, 0.1) is 0 Å². The highest BCUT2D eigenvalue weighted by atomic mass is 32.2. The van der Waals surface area contributed by atoms with E-state index in [9.17, 15) is 0 Å². The van der Waals surface area contributed by atoms with Gasteiger partial charge in [-0.3, -0.25) is 0 Å². The standard InChI is InChI=1S/C13H28N2S/c1-4-16-9-8-15-7-5-6-13(11-15)10-14-12(2)3/h12-14H,4-11H2,1-3H3. The molecule has 1 fully saturated rings. The van der Waals surface area contributed by atoms with Crippen LogP contribution in [0.4, 0.5) is 0 Å². The van der Waals surface area contributed by atoms with Crippen LogP contribution in [0.1, 0.15) is 33.6 Å². The first-order valence-corrected chi connectivity index (χ1v) is 7.91. The van der Waals surface area contributed by atoms with Crippen LogP contribution < -0.4 is 5.32 Å². The summed E-state index contributed by atoms with van der Waals surface area (Å²) in [4.78, 5) is 2.65. The Morgan fingerprint density at radius 3 is 2.94 bits per heavy atom. The lowest BCUT2D eigenvalue weighted by atomic mass is 9.98. The lowest BCUT2D eigenvalue weighted by Gasteiger charge is -2.33. The third-order valence-electron chi connectivity index (χ3n) is 3.17. The smallest absolute Gasteiger partial charge is 0.00725 e. The molecule has 0 amide bonds. The van der Waals surface area contributed by atoms with Crippen LogP contribution in [-0.2, 0) is 0 Å². The molecule has 0 aromatic rings. The second-order valence-corrected chi connectivity index (χ2v) is 6.46. The van der Waals surface area contributed by atoms with Crippen molar-refractivity contribution in [1.29, 1.82) is 0 Å². The normalized spacial score (nSPS) is 22.9. The van der Waals surface area contributed by atoms with Crippen LogP contribution in [0, 0.1) is 5.92 Å². The maximum Gasteiger partial charge on any atom is 0.00725 e. The SMILES string of the molecule is CCSCCN1CCCC(CNC(C)C)C1. The van der Waals surface area contributed by atoms with E-state index in [0.29, 0.717) is 6.04 Å². The van der Waals surface area contributed by atoms with Crippen molar-refractivity contribution in [3.63, 3.8) is 0 Å². The van der Waals surface area contributed by atoms with Gasteiger partial charge in [0.15, 0.2) is 0 Å². The van der Waals surface area contributed by atoms with E-state index >= 15 is 0 Å². The van der Waals surface area contributed by atoms with Crippen molar-refractivity contribution in [3.8, 4) is 0 Å². The molecule has 96 valence electrons. The average Bonchev–Trinajstić information content (AvgIpc) is 2.27. The van der Waals surface area contributed by atoms with Crippen LogP contribution in [0.3, 0.4) is 0 Å². The van der Waals surface area contributed by atoms with Gasteiger partial charge in [-0.2, -0.15) is 11.8 Å². The fourth-order valence-electron chi connectivity index (χ4n) is 2.26. The highest BCUT2D eigenvalue weighted by Crippen LogP contribution is 2.16. The summed E-state index contributed by atoms with van der Waals surface area (Å²) in [5.41, 5.74) is 0. The van der Waals surface area contributed by atoms with Gasteiger partial charge >= 0.3 is 0 Å². The van der Waals surface area contributed by atoms with E-state index in [1.807, 2.05) is 0 Å². The van der Waals surface area contributed by atoms with E-state index in [2.05, 4.69) is 42.7 Å². The van der Waals surface area contributed by atoms with Crippen molar-refractivity contribution in [2.45, 2.75) is 39.7 Å². The first-order chi connectivity index (χ1) is 7.72. The Hall–Kier alpha value is 0.270. The number of likely N-dealkylation sites (tertiary alicyclic amines) is 1. The zero-order valence-corrected chi connectivity index (χ0v) is 12.0. The zero-order chi connectivity index (χ0) is 11.8. The maximum atomic E-state index is 3.57. The monoisotopic (exact) mass is 244 g/mol. The summed E-state index contributed by atoms with van der Waals surface area (Å²) in [6, 6.07) is 0.631. The molecule has 3 heteroatoms. The quantitative estimate of drug-likeness (QED) is 0.693. The Kier molecular flexibility index (Phi) is 7.50. The Morgan fingerprint density at radius 1 is 1.44 bits per heavy atom. The molecule has 1 atom stereocenters. The molecule has 16 heavy (non-hydrogen) atoms. The van der Waals surface area contributed by atoms with Gasteiger partial charge < -0.3 is 10.2 Å². The Bertz CT molecular complexity index is 173. The summed E-state index contributed by atoms with van der Waals surface area (Å²) in [5.74, 6) is 3.44. The second kappa shape index (κ2) is 8.37. The van der Waals surface area contributed by atoms with Crippen LogP contribution in [0.5, 0.6) is 0 Å². The number of nitrogens with zero attached hydrogens (tertiary/aromatic N) is 1. The number of thioether (sulfide) groups is 1. The molecule has 2 nitrogen and oxygen atoms in total. The molecule has 0 saturated carbocycles. The number of rotatable bonds is 7. The molecule has 1 aliphatic heterocycles.